The van der Waals surface area contributed by atoms with Crippen molar-refractivity contribution < 1.29 is 9.90 Å². The molecule has 3 atom stereocenters. The van der Waals surface area contributed by atoms with Crippen LogP contribution in [0.25, 0.3) is 0 Å². The highest BCUT2D eigenvalue weighted by atomic mass is 16.4. The Morgan fingerprint density at radius 1 is 1.21 bits per heavy atom. The quantitative estimate of drug-likeness (QED) is 0.830. The summed E-state index contributed by atoms with van der Waals surface area (Å²) >= 11 is 0. The van der Waals surface area contributed by atoms with Gasteiger partial charge in [0.15, 0.2) is 0 Å². The molecular formula is C16H29NO2. The van der Waals surface area contributed by atoms with E-state index in [-0.39, 0.29) is 0 Å². The lowest BCUT2D eigenvalue weighted by molar-refractivity contribution is -0.137. The molecule has 2 fully saturated rings. The molecule has 110 valence electrons. The van der Waals surface area contributed by atoms with E-state index in [4.69, 9.17) is 5.11 Å². The molecule has 3 unspecified atom stereocenters. The van der Waals surface area contributed by atoms with Crippen LogP contribution in [0.3, 0.4) is 0 Å². The van der Waals surface area contributed by atoms with Crippen molar-refractivity contribution in [3.05, 3.63) is 0 Å². The lowest BCUT2D eigenvalue weighted by Gasteiger charge is -2.37. The second-order valence-corrected chi connectivity index (χ2v) is 6.84. The first-order valence-corrected chi connectivity index (χ1v) is 8.07. The zero-order valence-electron chi connectivity index (χ0n) is 12.3. The van der Waals surface area contributed by atoms with E-state index in [0.717, 1.165) is 24.8 Å². The Morgan fingerprint density at radius 3 is 2.74 bits per heavy atom. The third kappa shape index (κ3) is 5.13. The van der Waals surface area contributed by atoms with Crippen molar-refractivity contribution in [2.24, 2.45) is 17.8 Å². The van der Waals surface area contributed by atoms with Gasteiger partial charge in [0.05, 0.1) is 0 Å². The standard InChI is InChI=1S/C16H29NO2/c1-13-4-2-5-15(10-13)12-17-9-3-6-14(11-17)7-8-16(18)19/h13-15H,2-12H2,1H3,(H,18,19). The van der Waals surface area contributed by atoms with E-state index in [0.29, 0.717) is 12.3 Å². The fourth-order valence-corrected chi connectivity index (χ4v) is 3.97. The summed E-state index contributed by atoms with van der Waals surface area (Å²) in [5.74, 6) is 1.78. The highest BCUT2D eigenvalue weighted by Gasteiger charge is 2.25. The number of rotatable bonds is 5. The summed E-state index contributed by atoms with van der Waals surface area (Å²) < 4.78 is 0. The average molecular weight is 267 g/mol. The summed E-state index contributed by atoms with van der Waals surface area (Å²) in [5, 5.41) is 8.79. The summed E-state index contributed by atoms with van der Waals surface area (Å²) in [4.78, 5) is 13.3. The SMILES string of the molecule is CC1CCCC(CN2CCCC(CCC(=O)O)C2)C1. The van der Waals surface area contributed by atoms with Gasteiger partial charge >= 0.3 is 5.97 Å². The van der Waals surface area contributed by atoms with Gasteiger partial charge in [-0.15, -0.1) is 0 Å². The molecule has 1 N–H and O–H groups in total. The van der Waals surface area contributed by atoms with Crippen molar-refractivity contribution in [3.63, 3.8) is 0 Å². The van der Waals surface area contributed by atoms with Gasteiger partial charge < -0.3 is 10.0 Å². The zero-order valence-corrected chi connectivity index (χ0v) is 12.3. The molecule has 0 spiro atoms. The molecule has 2 aliphatic rings. The average Bonchev–Trinajstić information content (AvgIpc) is 2.37. The van der Waals surface area contributed by atoms with Gasteiger partial charge in [0.1, 0.15) is 0 Å². The molecule has 19 heavy (non-hydrogen) atoms. The largest absolute Gasteiger partial charge is 0.481 e. The number of carboxylic acids is 1. The Morgan fingerprint density at radius 2 is 2.00 bits per heavy atom. The van der Waals surface area contributed by atoms with Crippen LogP contribution in [-0.4, -0.2) is 35.6 Å². The van der Waals surface area contributed by atoms with Gasteiger partial charge in [-0.05, 0) is 56.4 Å². The summed E-state index contributed by atoms with van der Waals surface area (Å²) in [6.07, 6.45) is 9.32. The molecule has 0 aromatic rings. The van der Waals surface area contributed by atoms with Crippen LogP contribution in [-0.2, 0) is 4.79 Å². The van der Waals surface area contributed by atoms with Gasteiger partial charge in [-0.3, -0.25) is 4.79 Å². The van der Waals surface area contributed by atoms with Gasteiger partial charge in [-0.1, -0.05) is 19.8 Å². The van der Waals surface area contributed by atoms with E-state index >= 15 is 0 Å². The monoisotopic (exact) mass is 267 g/mol. The number of hydrogen-bond acceptors (Lipinski definition) is 2. The topological polar surface area (TPSA) is 40.5 Å². The smallest absolute Gasteiger partial charge is 0.303 e. The van der Waals surface area contributed by atoms with E-state index in [1.54, 1.807) is 0 Å². The molecule has 0 aromatic heterocycles. The third-order valence-corrected chi connectivity index (χ3v) is 4.93. The van der Waals surface area contributed by atoms with Crippen molar-refractivity contribution in [2.75, 3.05) is 19.6 Å². The number of carbonyl (C=O) groups is 1. The van der Waals surface area contributed by atoms with Crippen molar-refractivity contribution in [1.82, 2.24) is 4.90 Å². The molecule has 1 aliphatic carbocycles. The predicted molar refractivity (Wildman–Crippen MR) is 77.2 cm³/mol. The molecule has 1 saturated carbocycles. The first-order chi connectivity index (χ1) is 9.13. The van der Waals surface area contributed by atoms with E-state index in [1.807, 2.05) is 0 Å². The fraction of sp³-hybridized carbons (Fsp3) is 0.938. The number of likely N-dealkylation sites (tertiary alicyclic amines) is 1. The molecular weight excluding hydrogens is 238 g/mol. The second kappa shape index (κ2) is 7.28. The normalized spacial score (nSPS) is 33.2. The van der Waals surface area contributed by atoms with Gasteiger partial charge in [0.25, 0.3) is 0 Å². The highest BCUT2D eigenvalue weighted by molar-refractivity contribution is 5.66. The molecule has 0 radical (unpaired) electrons. The molecule has 1 aliphatic heterocycles. The maximum atomic E-state index is 10.7. The van der Waals surface area contributed by atoms with Crippen LogP contribution in [0, 0.1) is 17.8 Å². The van der Waals surface area contributed by atoms with Crippen molar-refractivity contribution in [2.45, 2.75) is 58.3 Å². The van der Waals surface area contributed by atoms with E-state index in [1.165, 1.54) is 51.6 Å². The van der Waals surface area contributed by atoms with Gasteiger partial charge in [0, 0.05) is 19.5 Å². The van der Waals surface area contributed by atoms with Crippen LogP contribution in [0.2, 0.25) is 0 Å². The minimum absolute atomic E-state index is 0.346. The van der Waals surface area contributed by atoms with Crippen LogP contribution in [0.4, 0.5) is 0 Å². The molecule has 2 rings (SSSR count). The number of aliphatic carboxylic acids is 1. The number of nitrogens with zero attached hydrogens (tertiary/aromatic N) is 1. The summed E-state index contributed by atoms with van der Waals surface area (Å²) in [6.45, 7) is 6.01. The molecule has 3 heteroatoms. The van der Waals surface area contributed by atoms with Crippen LogP contribution >= 0.6 is 0 Å². The fourth-order valence-electron chi connectivity index (χ4n) is 3.97. The van der Waals surface area contributed by atoms with Crippen LogP contribution in [0.1, 0.15) is 58.3 Å². The van der Waals surface area contributed by atoms with Crippen LogP contribution < -0.4 is 0 Å². The maximum Gasteiger partial charge on any atom is 0.303 e. The summed E-state index contributed by atoms with van der Waals surface area (Å²) in [5.41, 5.74) is 0. The first-order valence-electron chi connectivity index (χ1n) is 8.07. The van der Waals surface area contributed by atoms with E-state index < -0.39 is 5.97 Å². The number of piperidine rings is 1. The van der Waals surface area contributed by atoms with Gasteiger partial charge in [0.2, 0.25) is 0 Å². The minimum Gasteiger partial charge on any atom is -0.481 e. The zero-order chi connectivity index (χ0) is 13.7. The lowest BCUT2D eigenvalue weighted by Crippen LogP contribution is -2.39. The van der Waals surface area contributed by atoms with Crippen molar-refractivity contribution in [3.8, 4) is 0 Å². The lowest BCUT2D eigenvalue weighted by atomic mass is 9.81. The molecule has 0 bridgehead atoms. The Labute approximate surface area is 117 Å². The Hall–Kier alpha value is -0.570. The second-order valence-electron chi connectivity index (χ2n) is 6.84. The summed E-state index contributed by atoms with van der Waals surface area (Å²) in [6, 6.07) is 0. The molecule has 3 nitrogen and oxygen atoms in total. The minimum atomic E-state index is -0.641. The van der Waals surface area contributed by atoms with Crippen molar-refractivity contribution >= 4 is 5.97 Å². The first kappa shape index (κ1) is 14.8. The van der Waals surface area contributed by atoms with Crippen LogP contribution in [0.5, 0.6) is 0 Å². The summed E-state index contributed by atoms with van der Waals surface area (Å²) in [7, 11) is 0. The third-order valence-electron chi connectivity index (χ3n) is 4.93. The Balaban J connectivity index is 1.72. The molecule has 0 aromatic carbocycles. The van der Waals surface area contributed by atoms with Crippen LogP contribution in [0.15, 0.2) is 0 Å². The molecule has 0 amide bonds. The van der Waals surface area contributed by atoms with Gasteiger partial charge in [-0.2, -0.15) is 0 Å². The molecule has 1 saturated heterocycles. The van der Waals surface area contributed by atoms with E-state index in [2.05, 4.69) is 11.8 Å². The van der Waals surface area contributed by atoms with E-state index in [9.17, 15) is 4.79 Å². The predicted octanol–water partition coefficient (Wildman–Crippen LogP) is 3.39. The number of carboxylic acid groups (broad SMARTS) is 1. The Bertz CT molecular complexity index is 292. The molecule has 1 heterocycles. The highest BCUT2D eigenvalue weighted by Crippen LogP contribution is 2.30. The van der Waals surface area contributed by atoms with Gasteiger partial charge in [-0.25, -0.2) is 0 Å². The number of hydrogen-bond donors (Lipinski definition) is 1. The van der Waals surface area contributed by atoms with Crippen molar-refractivity contribution in [1.29, 1.82) is 0 Å². The Kier molecular flexibility index (Phi) is 5.68. The maximum absolute atomic E-state index is 10.7.